The van der Waals surface area contributed by atoms with Gasteiger partial charge in [-0.2, -0.15) is 0 Å². The molecule has 2 rings (SSSR count). The van der Waals surface area contributed by atoms with Crippen molar-refractivity contribution in [2.75, 3.05) is 0 Å². The minimum absolute atomic E-state index is 0.275. The Morgan fingerprint density at radius 3 is 2.47 bits per heavy atom. The van der Waals surface area contributed by atoms with Crippen molar-refractivity contribution in [3.05, 3.63) is 64.5 Å². The third-order valence-corrected chi connectivity index (χ3v) is 3.06. The molecule has 2 nitrogen and oxygen atoms in total. The predicted octanol–water partition coefficient (Wildman–Crippen LogP) is 3.83. The van der Waals surface area contributed by atoms with E-state index < -0.39 is 5.82 Å². The molecule has 2 aromatic carbocycles. The predicted molar refractivity (Wildman–Crippen MR) is 72.0 cm³/mol. The van der Waals surface area contributed by atoms with Gasteiger partial charge in [0.2, 0.25) is 0 Å². The number of carbonyl (C=O) groups excluding carboxylic acids is 1. The molecule has 0 aliphatic carbocycles. The Kier molecular flexibility index (Phi) is 3.95. The quantitative estimate of drug-likeness (QED) is 0.779. The highest BCUT2D eigenvalue weighted by molar-refractivity contribution is 5.75. The second-order valence-corrected chi connectivity index (χ2v) is 4.50. The molecule has 0 fully saturated rings. The third-order valence-electron chi connectivity index (χ3n) is 3.06. The summed E-state index contributed by atoms with van der Waals surface area (Å²) >= 11 is 0. The van der Waals surface area contributed by atoms with Crippen molar-refractivity contribution < 1.29 is 13.9 Å². The standard InChI is InChI=1S/C16H15FO2/c1-11-4-3-5-12(2)16(11)10-19-15-7-13(9-18)6-14(17)8-15/h3-9H,10H2,1-2H3. The molecule has 0 amide bonds. The van der Waals surface area contributed by atoms with Crippen LogP contribution in [0.15, 0.2) is 36.4 Å². The molecule has 3 heteroatoms. The maximum Gasteiger partial charge on any atom is 0.150 e. The van der Waals surface area contributed by atoms with Gasteiger partial charge in [-0.05, 0) is 42.7 Å². The van der Waals surface area contributed by atoms with Crippen LogP contribution in [-0.2, 0) is 6.61 Å². The maximum absolute atomic E-state index is 13.3. The van der Waals surface area contributed by atoms with Crippen molar-refractivity contribution in [3.63, 3.8) is 0 Å². The first-order valence-corrected chi connectivity index (χ1v) is 6.04. The van der Waals surface area contributed by atoms with E-state index in [1.54, 1.807) is 0 Å². The summed E-state index contributed by atoms with van der Waals surface area (Å²) in [5.74, 6) is -0.106. The third kappa shape index (κ3) is 3.19. The Bertz CT molecular complexity index is 585. The van der Waals surface area contributed by atoms with Gasteiger partial charge in [-0.3, -0.25) is 4.79 Å². The lowest BCUT2D eigenvalue weighted by molar-refractivity contribution is 0.112. The number of aldehydes is 1. The monoisotopic (exact) mass is 258 g/mol. The van der Waals surface area contributed by atoms with Crippen molar-refractivity contribution in [2.45, 2.75) is 20.5 Å². The summed E-state index contributed by atoms with van der Waals surface area (Å²) in [6, 6.07) is 9.99. The second kappa shape index (κ2) is 5.65. The van der Waals surface area contributed by atoms with Gasteiger partial charge in [-0.15, -0.1) is 0 Å². The van der Waals surface area contributed by atoms with Crippen molar-refractivity contribution in [3.8, 4) is 5.75 Å². The summed E-state index contributed by atoms with van der Waals surface area (Å²) in [6.45, 7) is 4.38. The van der Waals surface area contributed by atoms with Crippen LogP contribution in [0.25, 0.3) is 0 Å². The number of hydrogen-bond acceptors (Lipinski definition) is 2. The van der Waals surface area contributed by atoms with Crippen molar-refractivity contribution >= 4 is 6.29 Å². The Morgan fingerprint density at radius 1 is 1.16 bits per heavy atom. The van der Waals surface area contributed by atoms with E-state index in [1.165, 1.54) is 18.2 Å². The normalized spacial score (nSPS) is 10.3. The second-order valence-electron chi connectivity index (χ2n) is 4.50. The highest BCUT2D eigenvalue weighted by Crippen LogP contribution is 2.19. The van der Waals surface area contributed by atoms with E-state index >= 15 is 0 Å². The van der Waals surface area contributed by atoms with Gasteiger partial charge in [0.25, 0.3) is 0 Å². The molecule has 0 spiro atoms. The summed E-state index contributed by atoms with van der Waals surface area (Å²) in [7, 11) is 0. The van der Waals surface area contributed by atoms with Gasteiger partial charge in [-0.25, -0.2) is 4.39 Å². The number of carbonyl (C=O) groups is 1. The fourth-order valence-electron chi connectivity index (χ4n) is 1.97. The number of rotatable bonds is 4. The number of halogens is 1. The van der Waals surface area contributed by atoms with Crippen molar-refractivity contribution in [1.82, 2.24) is 0 Å². The maximum atomic E-state index is 13.3. The molecular formula is C16H15FO2. The molecule has 2 aromatic rings. The molecule has 98 valence electrons. The highest BCUT2D eigenvalue weighted by Gasteiger charge is 2.05. The first-order valence-electron chi connectivity index (χ1n) is 6.04. The summed E-state index contributed by atoms with van der Waals surface area (Å²) < 4.78 is 18.8. The lowest BCUT2D eigenvalue weighted by atomic mass is 10.0. The Morgan fingerprint density at radius 2 is 1.84 bits per heavy atom. The topological polar surface area (TPSA) is 26.3 Å². The van der Waals surface area contributed by atoms with E-state index in [4.69, 9.17) is 4.74 Å². The molecule has 0 aliphatic rings. The molecule has 0 saturated carbocycles. The number of benzene rings is 2. The zero-order chi connectivity index (χ0) is 13.8. The van der Waals surface area contributed by atoms with E-state index in [0.29, 0.717) is 18.6 Å². The summed E-state index contributed by atoms with van der Waals surface area (Å²) in [6.07, 6.45) is 0.606. The Labute approximate surface area is 111 Å². The molecule has 0 N–H and O–H groups in total. The van der Waals surface area contributed by atoms with Crippen LogP contribution in [-0.4, -0.2) is 6.29 Å². The van der Waals surface area contributed by atoms with Crippen LogP contribution in [0.4, 0.5) is 4.39 Å². The average molecular weight is 258 g/mol. The van der Waals surface area contributed by atoms with E-state index in [2.05, 4.69) is 0 Å². The van der Waals surface area contributed by atoms with Crippen LogP contribution < -0.4 is 4.74 Å². The highest BCUT2D eigenvalue weighted by atomic mass is 19.1. The van der Waals surface area contributed by atoms with Crippen LogP contribution in [0.1, 0.15) is 27.0 Å². The van der Waals surface area contributed by atoms with Crippen LogP contribution in [0, 0.1) is 19.7 Å². The Hall–Kier alpha value is -2.16. The zero-order valence-electron chi connectivity index (χ0n) is 10.9. The van der Waals surface area contributed by atoms with Gasteiger partial charge >= 0.3 is 0 Å². The summed E-state index contributed by atoms with van der Waals surface area (Å²) in [5.41, 5.74) is 3.62. The first kappa shape index (κ1) is 13.3. The summed E-state index contributed by atoms with van der Waals surface area (Å²) in [4.78, 5) is 10.7. The van der Waals surface area contributed by atoms with Gasteiger partial charge in [0.1, 0.15) is 24.5 Å². The lowest BCUT2D eigenvalue weighted by Crippen LogP contribution is -2.01. The molecule has 0 unspecified atom stereocenters. The van der Waals surface area contributed by atoms with Crippen molar-refractivity contribution in [2.24, 2.45) is 0 Å². The average Bonchev–Trinajstić information content (AvgIpc) is 2.37. The smallest absolute Gasteiger partial charge is 0.150 e. The number of aryl methyl sites for hydroxylation is 2. The van der Waals surface area contributed by atoms with Crippen LogP contribution in [0.3, 0.4) is 0 Å². The molecule has 0 atom stereocenters. The summed E-state index contributed by atoms with van der Waals surface area (Å²) in [5, 5.41) is 0. The van der Waals surface area contributed by atoms with Gasteiger partial charge in [0.15, 0.2) is 0 Å². The fourth-order valence-corrected chi connectivity index (χ4v) is 1.97. The molecule has 0 saturated heterocycles. The molecule has 19 heavy (non-hydrogen) atoms. The first-order chi connectivity index (χ1) is 9.10. The largest absolute Gasteiger partial charge is 0.489 e. The molecule has 0 aromatic heterocycles. The number of hydrogen-bond donors (Lipinski definition) is 0. The van der Waals surface area contributed by atoms with Gasteiger partial charge < -0.3 is 4.74 Å². The minimum atomic E-state index is -0.471. The van der Waals surface area contributed by atoms with Gasteiger partial charge in [-0.1, -0.05) is 18.2 Å². The van der Waals surface area contributed by atoms with Crippen molar-refractivity contribution in [1.29, 1.82) is 0 Å². The molecular weight excluding hydrogens is 243 g/mol. The van der Waals surface area contributed by atoms with Crippen LogP contribution in [0.5, 0.6) is 5.75 Å². The molecule has 0 aliphatic heterocycles. The van der Waals surface area contributed by atoms with Gasteiger partial charge in [0, 0.05) is 11.6 Å². The van der Waals surface area contributed by atoms with Crippen LogP contribution >= 0.6 is 0 Å². The van der Waals surface area contributed by atoms with Crippen LogP contribution in [0.2, 0.25) is 0 Å². The lowest BCUT2D eigenvalue weighted by Gasteiger charge is -2.11. The molecule has 0 heterocycles. The zero-order valence-corrected chi connectivity index (χ0v) is 10.9. The van der Waals surface area contributed by atoms with Gasteiger partial charge in [0.05, 0.1) is 0 Å². The SMILES string of the molecule is Cc1cccc(C)c1COc1cc(F)cc(C=O)c1. The van der Waals surface area contributed by atoms with E-state index in [9.17, 15) is 9.18 Å². The van der Waals surface area contributed by atoms with E-state index in [-0.39, 0.29) is 5.56 Å². The minimum Gasteiger partial charge on any atom is -0.489 e. The Balaban J connectivity index is 2.19. The molecule has 0 radical (unpaired) electrons. The van der Waals surface area contributed by atoms with E-state index in [0.717, 1.165) is 16.7 Å². The van der Waals surface area contributed by atoms with E-state index in [1.807, 2.05) is 32.0 Å². The molecule has 0 bridgehead atoms. The number of ether oxygens (including phenoxy) is 1. The fraction of sp³-hybridized carbons (Fsp3) is 0.188.